The van der Waals surface area contributed by atoms with Gasteiger partial charge in [-0.25, -0.2) is 0 Å². The maximum absolute atomic E-state index is 12.4. The van der Waals surface area contributed by atoms with Crippen molar-refractivity contribution >= 4 is 17.5 Å². The predicted octanol–water partition coefficient (Wildman–Crippen LogP) is 5.50. The smallest absolute Gasteiger partial charge is 0.251 e. The topological polar surface area (TPSA) is 29.1 Å². The van der Waals surface area contributed by atoms with Crippen molar-refractivity contribution in [3.8, 4) is 11.1 Å². The van der Waals surface area contributed by atoms with Gasteiger partial charge in [0.1, 0.15) is 0 Å². The van der Waals surface area contributed by atoms with Gasteiger partial charge in [-0.1, -0.05) is 66.2 Å². The molecule has 0 bridgehead atoms. The number of hydrogen-bond acceptors (Lipinski definition) is 1. The third-order valence-corrected chi connectivity index (χ3v) is 4.22. The number of carbonyl (C=O) groups is 1. The van der Waals surface area contributed by atoms with Crippen molar-refractivity contribution in [2.75, 3.05) is 0 Å². The largest absolute Gasteiger partial charge is 0.346 e. The molecule has 0 fully saturated rings. The van der Waals surface area contributed by atoms with Gasteiger partial charge in [-0.2, -0.15) is 0 Å². The Kier molecular flexibility index (Phi) is 4.97. The van der Waals surface area contributed by atoms with E-state index in [0.29, 0.717) is 10.6 Å². The monoisotopic (exact) mass is 335 g/mol. The van der Waals surface area contributed by atoms with Gasteiger partial charge in [0.05, 0.1) is 6.04 Å². The highest BCUT2D eigenvalue weighted by Gasteiger charge is 2.11. The van der Waals surface area contributed by atoms with E-state index in [4.69, 9.17) is 11.6 Å². The Morgan fingerprint density at radius 2 is 1.42 bits per heavy atom. The van der Waals surface area contributed by atoms with E-state index in [-0.39, 0.29) is 11.9 Å². The molecule has 0 radical (unpaired) electrons. The van der Waals surface area contributed by atoms with E-state index >= 15 is 0 Å². The van der Waals surface area contributed by atoms with Crippen LogP contribution >= 0.6 is 11.6 Å². The summed E-state index contributed by atoms with van der Waals surface area (Å²) in [5.74, 6) is -0.0861. The first-order valence-electron chi connectivity index (χ1n) is 7.85. The van der Waals surface area contributed by atoms with Crippen molar-refractivity contribution in [1.82, 2.24) is 5.32 Å². The molecule has 1 unspecified atom stereocenters. The maximum Gasteiger partial charge on any atom is 0.251 e. The molecule has 0 aliphatic heterocycles. The van der Waals surface area contributed by atoms with E-state index in [1.807, 2.05) is 73.7 Å². The lowest BCUT2D eigenvalue weighted by Crippen LogP contribution is -2.26. The van der Waals surface area contributed by atoms with Crippen molar-refractivity contribution < 1.29 is 4.79 Å². The summed E-state index contributed by atoms with van der Waals surface area (Å²) in [6.45, 7) is 1.96. The first-order valence-corrected chi connectivity index (χ1v) is 8.23. The molecule has 0 saturated carbocycles. The zero-order chi connectivity index (χ0) is 16.9. The molecule has 0 aromatic heterocycles. The van der Waals surface area contributed by atoms with E-state index in [2.05, 4.69) is 17.4 Å². The number of hydrogen-bond donors (Lipinski definition) is 1. The van der Waals surface area contributed by atoms with Crippen LogP contribution in [-0.4, -0.2) is 5.91 Å². The van der Waals surface area contributed by atoms with Crippen LogP contribution in [0.4, 0.5) is 0 Å². The molecule has 24 heavy (non-hydrogen) atoms. The molecular formula is C21H18ClNO. The van der Waals surface area contributed by atoms with Gasteiger partial charge in [0.15, 0.2) is 0 Å². The van der Waals surface area contributed by atoms with Gasteiger partial charge in [0.25, 0.3) is 5.91 Å². The van der Waals surface area contributed by atoms with Crippen LogP contribution in [0.5, 0.6) is 0 Å². The van der Waals surface area contributed by atoms with Crippen molar-refractivity contribution in [1.29, 1.82) is 0 Å². The highest BCUT2D eigenvalue weighted by molar-refractivity contribution is 6.30. The van der Waals surface area contributed by atoms with Gasteiger partial charge in [-0.3, -0.25) is 4.79 Å². The Hall–Kier alpha value is -2.58. The Morgan fingerprint density at radius 1 is 0.833 bits per heavy atom. The minimum Gasteiger partial charge on any atom is -0.346 e. The zero-order valence-electron chi connectivity index (χ0n) is 13.4. The molecule has 3 rings (SSSR count). The second-order valence-corrected chi connectivity index (χ2v) is 6.13. The molecular weight excluding hydrogens is 318 g/mol. The third-order valence-electron chi connectivity index (χ3n) is 3.97. The van der Waals surface area contributed by atoms with Crippen molar-refractivity contribution in [3.05, 3.63) is 95.0 Å². The normalized spacial score (nSPS) is 11.8. The fraction of sp³-hybridized carbons (Fsp3) is 0.0952. The first-order chi connectivity index (χ1) is 11.6. The highest BCUT2D eigenvalue weighted by Crippen LogP contribution is 2.20. The van der Waals surface area contributed by atoms with Crippen LogP contribution in [0.2, 0.25) is 5.02 Å². The van der Waals surface area contributed by atoms with Gasteiger partial charge in [-0.05, 0) is 47.9 Å². The summed E-state index contributed by atoms with van der Waals surface area (Å²) < 4.78 is 0. The number of halogens is 1. The van der Waals surface area contributed by atoms with E-state index in [1.165, 1.54) is 0 Å². The average molecular weight is 336 g/mol. The summed E-state index contributed by atoms with van der Waals surface area (Å²) in [7, 11) is 0. The number of amides is 1. The van der Waals surface area contributed by atoms with E-state index < -0.39 is 0 Å². The molecule has 0 aliphatic rings. The van der Waals surface area contributed by atoms with Gasteiger partial charge in [0.2, 0.25) is 0 Å². The Labute approximate surface area is 147 Å². The summed E-state index contributed by atoms with van der Waals surface area (Å²) in [5, 5.41) is 3.70. The SMILES string of the molecule is CC(NC(=O)c1ccc(-c2ccccc2)cc1)c1ccc(Cl)cc1. The van der Waals surface area contributed by atoms with Crippen LogP contribution < -0.4 is 5.32 Å². The average Bonchev–Trinajstić information content (AvgIpc) is 2.63. The number of nitrogens with one attached hydrogen (secondary N) is 1. The fourth-order valence-corrected chi connectivity index (χ4v) is 2.69. The molecule has 2 nitrogen and oxygen atoms in total. The van der Waals surface area contributed by atoms with E-state index in [0.717, 1.165) is 16.7 Å². The number of benzene rings is 3. The Balaban J connectivity index is 1.70. The molecule has 1 amide bonds. The molecule has 3 aromatic rings. The van der Waals surface area contributed by atoms with Crippen LogP contribution in [-0.2, 0) is 0 Å². The van der Waals surface area contributed by atoms with Gasteiger partial charge in [0, 0.05) is 10.6 Å². The van der Waals surface area contributed by atoms with Crippen LogP contribution in [0, 0.1) is 0 Å². The number of rotatable bonds is 4. The molecule has 0 heterocycles. The third kappa shape index (κ3) is 3.84. The van der Waals surface area contributed by atoms with Gasteiger partial charge in [-0.15, -0.1) is 0 Å². The predicted molar refractivity (Wildman–Crippen MR) is 99.2 cm³/mol. The summed E-state index contributed by atoms with van der Waals surface area (Å²) in [4.78, 5) is 12.4. The lowest BCUT2D eigenvalue weighted by molar-refractivity contribution is 0.0940. The molecule has 0 aliphatic carbocycles. The Bertz CT molecular complexity index is 811. The summed E-state index contributed by atoms with van der Waals surface area (Å²) in [5.41, 5.74) is 3.90. The highest BCUT2D eigenvalue weighted by atomic mass is 35.5. The van der Waals surface area contributed by atoms with Crippen LogP contribution in [0.25, 0.3) is 11.1 Å². The molecule has 1 N–H and O–H groups in total. The number of carbonyl (C=O) groups excluding carboxylic acids is 1. The molecule has 3 aromatic carbocycles. The molecule has 1 atom stereocenters. The summed E-state index contributed by atoms with van der Waals surface area (Å²) in [6, 6.07) is 25.2. The Morgan fingerprint density at radius 3 is 2.04 bits per heavy atom. The molecule has 0 spiro atoms. The minimum absolute atomic E-state index is 0.0800. The van der Waals surface area contributed by atoms with Crippen LogP contribution in [0.3, 0.4) is 0 Å². The van der Waals surface area contributed by atoms with Gasteiger partial charge < -0.3 is 5.32 Å². The first kappa shape index (κ1) is 16.3. The van der Waals surface area contributed by atoms with Crippen molar-refractivity contribution in [2.24, 2.45) is 0 Å². The van der Waals surface area contributed by atoms with Crippen molar-refractivity contribution in [3.63, 3.8) is 0 Å². The quantitative estimate of drug-likeness (QED) is 0.670. The maximum atomic E-state index is 12.4. The fourth-order valence-electron chi connectivity index (χ4n) is 2.56. The zero-order valence-corrected chi connectivity index (χ0v) is 14.1. The van der Waals surface area contributed by atoms with Gasteiger partial charge >= 0.3 is 0 Å². The van der Waals surface area contributed by atoms with Crippen molar-refractivity contribution in [2.45, 2.75) is 13.0 Å². The summed E-state index contributed by atoms with van der Waals surface area (Å²) in [6.07, 6.45) is 0. The van der Waals surface area contributed by atoms with Crippen LogP contribution in [0.1, 0.15) is 28.9 Å². The minimum atomic E-state index is -0.0861. The molecule has 3 heteroatoms. The van der Waals surface area contributed by atoms with E-state index in [9.17, 15) is 4.79 Å². The van der Waals surface area contributed by atoms with E-state index in [1.54, 1.807) is 0 Å². The lowest BCUT2D eigenvalue weighted by atomic mass is 10.0. The van der Waals surface area contributed by atoms with Crippen LogP contribution in [0.15, 0.2) is 78.9 Å². The second kappa shape index (κ2) is 7.33. The summed E-state index contributed by atoms with van der Waals surface area (Å²) >= 11 is 5.90. The lowest BCUT2D eigenvalue weighted by Gasteiger charge is -2.14. The second-order valence-electron chi connectivity index (χ2n) is 5.69. The molecule has 120 valence electrons. The molecule has 0 saturated heterocycles. The standard InChI is InChI=1S/C21H18ClNO/c1-15(16-11-13-20(22)14-12-16)23-21(24)19-9-7-18(8-10-19)17-5-3-2-4-6-17/h2-15H,1H3,(H,23,24).